The molecule has 0 aromatic heterocycles. The highest BCUT2D eigenvalue weighted by Crippen LogP contribution is 2.41. The van der Waals surface area contributed by atoms with E-state index >= 15 is 0 Å². The topological polar surface area (TPSA) is 49.9 Å². The SMILES string of the molecule is CN(C)N(C)C(=O)C1CC2CC1C(=O)O2. The molecule has 1 heterocycles. The Hall–Kier alpha value is -1.10. The van der Waals surface area contributed by atoms with Gasteiger partial charge in [-0.1, -0.05) is 0 Å². The number of hydrogen-bond donors (Lipinski definition) is 0. The minimum absolute atomic E-state index is 0.0177. The molecule has 1 amide bonds. The first-order valence-electron chi connectivity index (χ1n) is 5.16. The summed E-state index contributed by atoms with van der Waals surface area (Å²) in [7, 11) is 5.34. The van der Waals surface area contributed by atoms with Crippen LogP contribution in [0.2, 0.25) is 0 Å². The van der Waals surface area contributed by atoms with Crippen molar-refractivity contribution in [1.29, 1.82) is 0 Å². The third kappa shape index (κ3) is 1.61. The van der Waals surface area contributed by atoms with E-state index in [2.05, 4.69) is 0 Å². The second-order valence-electron chi connectivity index (χ2n) is 4.45. The van der Waals surface area contributed by atoms with Crippen molar-refractivity contribution < 1.29 is 14.3 Å². The number of nitrogens with zero attached hydrogens (tertiary/aromatic N) is 2. The average Bonchev–Trinajstić information content (AvgIpc) is 2.73. The van der Waals surface area contributed by atoms with E-state index in [9.17, 15) is 9.59 Å². The summed E-state index contributed by atoms with van der Waals surface area (Å²) in [6.45, 7) is 0. The molecule has 0 N–H and O–H groups in total. The van der Waals surface area contributed by atoms with Gasteiger partial charge in [0.1, 0.15) is 6.10 Å². The van der Waals surface area contributed by atoms with Crippen LogP contribution < -0.4 is 0 Å². The number of amides is 1. The van der Waals surface area contributed by atoms with Gasteiger partial charge in [0.15, 0.2) is 0 Å². The Morgan fingerprint density at radius 1 is 1.33 bits per heavy atom. The summed E-state index contributed by atoms with van der Waals surface area (Å²) in [4.78, 5) is 23.3. The zero-order valence-electron chi connectivity index (χ0n) is 9.27. The Balaban J connectivity index is 2.07. The molecule has 0 radical (unpaired) electrons. The molecule has 5 nitrogen and oxygen atoms in total. The minimum Gasteiger partial charge on any atom is -0.462 e. The zero-order chi connectivity index (χ0) is 11.2. The Kier molecular flexibility index (Phi) is 2.42. The summed E-state index contributed by atoms with van der Waals surface area (Å²) < 4.78 is 5.06. The van der Waals surface area contributed by atoms with Gasteiger partial charge in [0.25, 0.3) is 0 Å². The average molecular weight is 212 g/mol. The van der Waals surface area contributed by atoms with Crippen LogP contribution in [0.4, 0.5) is 0 Å². The van der Waals surface area contributed by atoms with Gasteiger partial charge in [-0.3, -0.25) is 14.6 Å². The third-order valence-corrected chi connectivity index (χ3v) is 3.34. The first-order valence-corrected chi connectivity index (χ1v) is 5.16. The fourth-order valence-corrected chi connectivity index (χ4v) is 2.31. The third-order valence-electron chi connectivity index (χ3n) is 3.34. The van der Waals surface area contributed by atoms with Gasteiger partial charge in [0.2, 0.25) is 5.91 Å². The lowest BCUT2D eigenvalue weighted by Crippen LogP contribution is -2.44. The number of esters is 1. The molecule has 2 fully saturated rings. The van der Waals surface area contributed by atoms with Gasteiger partial charge in [-0.2, -0.15) is 0 Å². The Morgan fingerprint density at radius 2 is 2.00 bits per heavy atom. The van der Waals surface area contributed by atoms with Gasteiger partial charge in [-0.25, -0.2) is 5.01 Å². The second-order valence-corrected chi connectivity index (χ2v) is 4.45. The Bertz CT molecular complexity index is 303. The lowest BCUT2D eigenvalue weighted by atomic mass is 9.95. The van der Waals surface area contributed by atoms with Crippen LogP contribution in [0.3, 0.4) is 0 Å². The van der Waals surface area contributed by atoms with Crippen molar-refractivity contribution in [2.24, 2.45) is 11.8 Å². The number of carbonyl (C=O) groups is 2. The van der Waals surface area contributed by atoms with E-state index in [-0.39, 0.29) is 29.8 Å². The molecule has 1 saturated heterocycles. The van der Waals surface area contributed by atoms with Gasteiger partial charge >= 0.3 is 5.97 Å². The van der Waals surface area contributed by atoms with Crippen molar-refractivity contribution in [3.63, 3.8) is 0 Å². The maximum atomic E-state index is 12.0. The predicted molar refractivity (Wildman–Crippen MR) is 52.6 cm³/mol. The highest BCUT2D eigenvalue weighted by atomic mass is 16.6. The lowest BCUT2D eigenvalue weighted by Gasteiger charge is -2.29. The van der Waals surface area contributed by atoms with Crippen LogP contribution in [0, 0.1) is 11.8 Å². The summed E-state index contributed by atoms with van der Waals surface area (Å²) >= 11 is 0. The van der Waals surface area contributed by atoms with Gasteiger partial charge in [0.05, 0.1) is 11.8 Å². The molecule has 0 spiro atoms. The smallest absolute Gasteiger partial charge is 0.310 e. The van der Waals surface area contributed by atoms with E-state index < -0.39 is 0 Å². The first-order chi connectivity index (χ1) is 7.00. The number of hydrogen-bond acceptors (Lipinski definition) is 4. The second kappa shape index (κ2) is 3.48. The number of fused-ring (bicyclic) bond motifs is 2. The van der Waals surface area contributed by atoms with E-state index in [1.165, 1.54) is 0 Å². The van der Waals surface area contributed by atoms with E-state index in [0.29, 0.717) is 6.42 Å². The molecular formula is C10H16N2O3. The Morgan fingerprint density at radius 3 is 2.47 bits per heavy atom. The quantitative estimate of drug-likeness (QED) is 0.473. The number of rotatable bonds is 2. The highest BCUT2D eigenvalue weighted by Gasteiger charge is 2.51. The van der Waals surface area contributed by atoms with Crippen LogP contribution >= 0.6 is 0 Å². The molecule has 84 valence electrons. The molecule has 1 aliphatic carbocycles. The molecule has 5 heteroatoms. The summed E-state index contributed by atoms with van der Waals surface area (Å²) in [5.41, 5.74) is 0. The fourth-order valence-electron chi connectivity index (χ4n) is 2.31. The van der Waals surface area contributed by atoms with Crippen LogP contribution in [0.25, 0.3) is 0 Å². The first kappa shape index (κ1) is 10.4. The van der Waals surface area contributed by atoms with Crippen molar-refractivity contribution in [2.75, 3.05) is 21.1 Å². The normalized spacial score (nSPS) is 33.3. The molecule has 2 aliphatic rings. The van der Waals surface area contributed by atoms with Crippen molar-refractivity contribution >= 4 is 11.9 Å². The molecule has 15 heavy (non-hydrogen) atoms. The van der Waals surface area contributed by atoms with Gasteiger partial charge < -0.3 is 4.74 Å². The number of carbonyl (C=O) groups excluding carboxylic acids is 2. The van der Waals surface area contributed by atoms with Crippen LogP contribution in [-0.4, -0.2) is 49.1 Å². The zero-order valence-corrected chi connectivity index (χ0v) is 9.27. The van der Waals surface area contributed by atoms with Crippen LogP contribution in [0.1, 0.15) is 12.8 Å². The lowest BCUT2D eigenvalue weighted by molar-refractivity contribution is -0.160. The monoisotopic (exact) mass is 212 g/mol. The maximum Gasteiger partial charge on any atom is 0.310 e. The van der Waals surface area contributed by atoms with E-state index in [0.717, 1.165) is 6.42 Å². The molecule has 0 aromatic carbocycles. The molecule has 3 unspecified atom stereocenters. The summed E-state index contributed by atoms with van der Waals surface area (Å²) in [5.74, 6) is -0.561. The number of ether oxygens (including phenoxy) is 1. The van der Waals surface area contributed by atoms with Crippen LogP contribution in [0.15, 0.2) is 0 Å². The molecule has 3 atom stereocenters. The van der Waals surface area contributed by atoms with Crippen molar-refractivity contribution in [3.05, 3.63) is 0 Å². The van der Waals surface area contributed by atoms with E-state index in [1.807, 2.05) is 14.1 Å². The summed E-state index contributed by atoms with van der Waals surface area (Å²) in [5, 5.41) is 3.28. The molecule has 2 bridgehead atoms. The van der Waals surface area contributed by atoms with Crippen LogP contribution in [0.5, 0.6) is 0 Å². The molecular weight excluding hydrogens is 196 g/mol. The molecule has 0 aromatic rings. The standard InChI is InChI=1S/C10H16N2O3/c1-11(2)12(3)9(13)7-4-6-5-8(7)10(14)15-6/h6-8H,4-5H2,1-3H3. The summed E-state index contributed by atoms with van der Waals surface area (Å²) in [6.07, 6.45) is 1.39. The van der Waals surface area contributed by atoms with Crippen LogP contribution in [-0.2, 0) is 14.3 Å². The fraction of sp³-hybridized carbons (Fsp3) is 0.800. The number of hydrazine groups is 1. The molecule has 1 saturated carbocycles. The highest BCUT2D eigenvalue weighted by molar-refractivity contribution is 5.87. The van der Waals surface area contributed by atoms with Gasteiger partial charge in [0, 0.05) is 21.1 Å². The Labute approximate surface area is 88.9 Å². The van der Waals surface area contributed by atoms with E-state index in [4.69, 9.17) is 4.74 Å². The predicted octanol–water partition coefficient (Wildman–Crippen LogP) is -0.127. The molecule has 1 aliphatic heterocycles. The van der Waals surface area contributed by atoms with Gasteiger partial charge in [-0.15, -0.1) is 0 Å². The van der Waals surface area contributed by atoms with E-state index in [1.54, 1.807) is 17.1 Å². The minimum atomic E-state index is -0.204. The van der Waals surface area contributed by atoms with Crippen molar-refractivity contribution in [1.82, 2.24) is 10.0 Å². The summed E-state index contributed by atoms with van der Waals surface area (Å²) in [6, 6.07) is 0. The molecule has 2 rings (SSSR count). The van der Waals surface area contributed by atoms with Crippen molar-refractivity contribution in [2.45, 2.75) is 18.9 Å². The maximum absolute atomic E-state index is 12.0. The largest absolute Gasteiger partial charge is 0.462 e. The van der Waals surface area contributed by atoms with Gasteiger partial charge in [-0.05, 0) is 12.8 Å². The van der Waals surface area contributed by atoms with Crippen molar-refractivity contribution in [3.8, 4) is 0 Å².